The number of rotatable bonds is 7. The number of benzene rings is 2. The van der Waals surface area contributed by atoms with Gasteiger partial charge in [-0.15, -0.1) is 0 Å². The Bertz CT molecular complexity index is 1400. The molecule has 0 aliphatic heterocycles. The average Bonchev–Trinajstić information content (AvgIpc) is 3.05. The van der Waals surface area contributed by atoms with Crippen LogP contribution in [0.25, 0.3) is 22.0 Å². The van der Waals surface area contributed by atoms with Gasteiger partial charge in [0, 0.05) is 34.8 Å². The molecule has 2 aromatic carbocycles. The summed E-state index contributed by atoms with van der Waals surface area (Å²) >= 11 is 0. The summed E-state index contributed by atoms with van der Waals surface area (Å²) in [5, 5.41) is -0.482. The number of halogens is 6. The predicted molar refractivity (Wildman–Crippen MR) is 130 cm³/mol. The van der Waals surface area contributed by atoms with Gasteiger partial charge in [0.05, 0.1) is 10.8 Å². The Kier molecular flexibility index (Phi) is 7.17. The van der Waals surface area contributed by atoms with Gasteiger partial charge in [-0.05, 0) is 42.0 Å². The highest BCUT2D eigenvalue weighted by Gasteiger charge is 2.38. The SMILES string of the molecule is CC(C)(C)Cn1cc([C@H](NS(=O)(=O)C2CCC2)C(F)F)c2ccc(-c3c(F)cccc3C(F)(F)F)cc21. The van der Waals surface area contributed by atoms with Crippen LogP contribution in [-0.2, 0) is 22.7 Å². The summed E-state index contributed by atoms with van der Waals surface area (Å²) < 4.78 is 113. The van der Waals surface area contributed by atoms with Gasteiger partial charge in [-0.2, -0.15) is 13.2 Å². The first-order chi connectivity index (χ1) is 17.1. The summed E-state index contributed by atoms with van der Waals surface area (Å²) in [5.41, 5.74) is -1.92. The monoisotopic (exact) mass is 546 g/mol. The molecule has 1 heterocycles. The average molecular weight is 547 g/mol. The minimum atomic E-state index is -4.81. The van der Waals surface area contributed by atoms with Crippen LogP contribution in [0.5, 0.6) is 0 Å². The van der Waals surface area contributed by atoms with Crippen LogP contribution in [0.3, 0.4) is 0 Å². The van der Waals surface area contributed by atoms with Gasteiger partial charge in [0.1, 0.15) is 11.9 Å². The smallest absolute Gasteiger partial charge is 0.347 e. The first kappa shape index (κ1) is 27.5. The fourth-order valence-electron chi connectivity index (χ4n) is 4.62. The fraction of sp³-hybridized carbons (Fsp3) is 0.462. The number of sulfonamides is 1. The Labute approximate surface area is 211 Å². The number of nitrogens with zero attached hydrogens (tertiary/aromatic N) is 1. The van der Waals surface area contributed by atoms with E-state index in [2.05, 4.69) is 4.72 Å². The van der Waals surface area contributed by atoms with Gasteiger partial charge in [-0.25, -0.2) is 26.3 Å². The van der Waals surface area contributed by atoms with Crippen molar-refractivity contribution in [1.29, 1.82) is 0 Å². The Morgan fingerprint density at radius 2 is 1.76 bits per heavy atom. The third-order valence-electron chi connectivity index (χ3n) is 6.53. The number of nitrogens with one attached hydrogen (secondary N) is 1. The summed E-state index contributed by atoms with van der Waals surface area (Å²) in [6.45, 7) is 5.97. The highest BCUT2D eigenvalue weighted by Crippen LogP contribution is 2.41. The summed E-state index contributed by atoms with van der Waals surface area (Å²) in [6, 6.07) is 4.76. The van der Waals surface area contributed by atoms with Gasteiger partial charge in [-0.1, -0.05) is 45.4 Å². The molecule has 202 valence electrons. The van der Waals surface area contributed by atoms with Crippen molar-refractivity contribution in [2.75, 3.05) is 0 Å². The molecule has 4 rings (SSSR count). The maximum absolute atomic E-state index is 14.7. The molecule has 1 aliphatic carbocycles. The first-order valence-corrected chi connectivity index (χ1v) is 13.4. The van der Waals surface area contributed by atoms with Crippen LogP contribution in [0.15, 0.2) is 42.6 Å². The van der Waals surface area contributed by atoms with Crippen molar-refractivity contribution < 1.29 is 34.8 Å². The van der Waals surface area contributed by atoms with E-state index in [4.69, 9.17) is 0 Å². The van der Waals surface area contributed by atoms with Crippen LogP contribution in [0.4, 0.5) is 26.3 Å². The number of hydrogen-bond donors (Lipinski definition) is 1. The van der Waals surface area contributed by atoms with Crippen LogP contribution in [0, 0.1) is 11.2 Å². The molecule has 0 unspecified atom stereocenters. The van der Waals surface area contributed by atoms with Gasteiger partial charge < -0.3 is 4.57 Å². The normalized spacial score (nSPS) is 16.4. The molecule has 37 heavy (non-hydrogen) atoms. The molecule has 1 saturated carbocycles. The van der Waals surface area contributed by atoms with Crippen LogP contribution < -0.4 is 4.72 Å². The van der Waals surface area contributed by atoms with Gasteiger partial charge in [0.25, 0.3) is 6.43 Å². The summed E-state index contributed by atoms with van der Waals surface area (Å²) in [6.07, 6.45) is -4.99. The zero-order chi connectivity index (χ0) is 27.3. The standard InChI is InChI=1S/C26H28F6N2O2S/c1-25(2,3)14-34-13-18(23(24(28)29)33-37(35,36)16-6-4-7-16)17-11-10-15(12-21(17)34)22-19(26(30,31)32)8-5-9-20(22)27/h5,8-13,16,23-24,33H,4,6-7,14H2,1-3H3/t23-/m0/s1. The van der Waals surface area contributed by atoms with E-state index < -0.39 is 50.9 Å². The van der Waals surface area contributed by atoms with E-state index >= 15 is 0 Å². The minimum Gasteiger partial charge on any atom is -0.347 e. The second-order valence-electron chi connectivity index (χ2n) is 10.7. The van der Waals surface area contributed by atoms with Gasteiger partial charge in [-0.3, -0.25) is 0 Å². The van der Waals surface area contributed by atoms with Crippen LogP contribution in [-0.4, -0.2) is 24.7 Å². The lowest BCUT2D eigenvalue weighted by Crippen LogP contribution is -2.42. The Morgan fingerprint density at radius 1 is 1.08 bits per heavy atom. The molecular weight excluding hydrogens is 518 g/mol. The molecule has 3 aromatic rings. The van der Waals surface area contributed by atoms with Crippen molar-refractivity contribution in [3.63, 3.8) is 0 Å². The quantitative estimate of drug-likeness (QED) is 0.317. The predicted octanol–water partition coefficient (Wildman–Crippen LogP) is 7.29. The molecule has 1 aromatic heterocycles. The van der Waals surface area contributed by atoms with Gasteiger partial charge >= 0.3 is 6.18 Å². The Morgan fingerprint density at radius 3 is 2.30 bits per heavy atom. The molecule has 0 amide bonds. The number of fused-ring (bicyclic) bond motifs is 1. The molecule has 1 atom stereocenters. The van der Waals surface area contributed by atoms with E-state index in [9.17, 15) is 34.8 Å². The minimum absolute atomic E-state index is 0.00766. The van der Waals surface area contributed by atoms with E-state index in [0.29, 0.717) is 31.3 Å². The molecular formula is C26H28F6N2O2S. The topological polar surface area (TPSA) is 51.1 Å². The molecule has 1 N–H and O–H groups in total. The van der Waals surface area contributed by atoms with Crippen molar-refractivity contribution in [3.05, 3.63) is 59.5 Å². The third-order valence-corrected chi connectivity index (χ3v) is 8.47. The molecule has 1 aliphatic rings. The number of aromatic nitrogens is 1. The lowest BCUT2D eigenvalue weighted by atomic mass is 9.96. The zero-order valence-electron chi connectivity index (χ0n) is 20.5. The first-order valence-electron chi connectivity index (χ1n) is 11.9. The van der Waals surface area contributed by atoms with Crippen molar-refractivity contribution in [3.8, 4) is 11.1 Å². The van der Waals surface area contributed by atoms with Gasteiger partial charge in [0.15, 0.2) is 0 Å². The second-order valence-corrected chi connectivity index (χ2v) is 12.7. The van der Waals surface area contributed by atoms with Crippen molar-refractivity contribution in [2.24, 2.45) is 5.41 Å². The van der Waals surface area contributed by atoms with E-state index in [0.717, 1.165) is 18.2 Å². The highest BCUT2D eigenvalue weighted by atomic mass is 32.2. The Balaban J connectivity index is 1.90. The molecule has 4 nitrogen and oxygen atoms in total. The largest absolute Gasteiger partial charge is 0.417 e. The van der Waals surface area contributed by atoms with Gasteiger partial charge in [0.2, 0.25) is 10.0 Å². The number of alkyl halides is 5. The molecule has 0 radical (unpaired) electrons. The molecule has 0 saturated heterocycles. The van der Waals surface area contributed by atoms with Crippen molar-refractivity contribution in [1.82, 2.24) is 9.29 Å². The fourth-order valence-corrected chi connectivity index (χ4v) is 6.35. The second kappa shape index (κ2) is 9.65. The van der Waals surface area contributed by atoms with Crippen LogP contribution >= 0.6 is 0 Å². The molecule has 11 heteroatoms. The maximum Gasteiger partial charge on any atom is 0.417 e. The van der Waals surface area contributed by atoms with E-state index in [1.165, 1.54) is 24.4 Å². The lowest BCUT2D eigenvalue weighted by molar-refractivity contribution is -0.137. The maximum atomic E-state index is 14.7. The highest BCUT2D eigenvalue weighted by molar-refractivity contribution is 7.90. The van der Waals surface area contributed by atoms with E-state index in [1.807, 2.05) is 20.8 Å². The van der Waals surface area contributed by atoms with E-state index in [-0.39, 0.29) is 21.9 Å². The molecule has 0 spiro atoms. The summed E-state index contributed by atoms with van der Waals surface area (Å²) in [4.78, 5) is 0. The number of hydrogen-bond acceptors (Lipinski definition) is 2. The summed E-state index contributed by atoms with van der Waals surface area (Å²) in [5.74, 6) is -1.07. The van der Waals surface area contributed by atoms with Crippen LogP contribution in [0.2, 0.25) is 0 Å². The molecule has 1 fully saturated rings. The van der Waals surface area contributed by atoms with E-state index in [1.54, 1.807) is 4.57 Å². The Hall–Kier alpha value is -2.53. The zero-order valence-corrected chi connectivity index (χ0v) is 21.4. The molecule has 0 bridgehead atoms. The lowest BCUT2D eigenvalue weighted by Gasteiger charge is -2.28. The van der Waals surface area contributed by atoms with Crippen LogP contribution in [0.1, 0.15) is 57.2 Å². The summed E-state index contributed by atoms with van der Waals surface area (Å²) in [7, 11) is -4.00. The van der Waals surface area contributed by atoms with Crippen molar-refractivity contribution >= 4 is 20.9 Å². The third kappa shape index (κ3) is 5.67. The van der Waals surface area contributed by atoms with Crippen molar-refractivity contribution in [2.45, 2.75) is 70.5 Å².